The molecule has 0 radical (unpaired) electrons. The Kier molecular flexibility index (Phi) is 5.24. The van der Waals surface area contributed by atoms with Crippen molar-refractivity contribution >= 4 is 5.69 Å². The van der Waals surface area contributed by atoms with E-state index < -0.39 is 0 Å². The zero-order valence-corrected chi connectivity index (χ0v) is 10.4. The standard InChI is InChI=1S/C15H19NO/c1-4-12(3)9-14(5-2)16-15-8-6-7-13(10-15)11-17/h4-10,16-17H,1,11H2,2-3H3/b12-9-,14-5+. The number of aliphatic hydroxyl groups excluding tert-OH is 1. The summed E-state index contributed by atoms with van der Waals surface area (Å²) in [7, 11) is 0. The quantitative estimate of drug-likeness (QED) is 0.756. The summed E-state index contributed by atoms with van der Waals surface area (Å²) in [5.74, 6) is 0. The molecule has 0 aliphatic carbocycles. The molecule has 2 nitrogen and oxygen atoms in total. The Balaban J connectivity index is 2.85. The van der Waals surface area contributed by atoms with Gasteiger partial charge in [-0.15, -0.1) is 0 Å². The van der Waals surface area contributed by atoms with Gasteiger partial charge in [-0.3, -0.25) is 0 Å². The molecule has 0 aliphatic rings. The first-order valence-electron chi connectivity index (χ1n) is 5.63. The van der Waals surface area contributed by atoms with E-state index in [4.69, 9.17) is 5.11 Å². The minimum Gasteiger partial charge on any atom is -0.392 e. The Hall–Kier alpha value is -1.80. The van der Waals surface area contributed by atoms with Crippen LogP contribution in [-0.4, -0.2) is 5.11 Å². The summed E-state index contributed by atoms with van der Waals surface area (Å²) in [6.45, 7) is 7.76. The maximum Gasteiger partial charge on any atom is 0.0682 e. The molecule has 0 heterocycles. The van der Waals surface area contributed by atoms with E-state index in [1.165, 1.54) is 0 Å². The molecule has 1 aromatic carbocycles. The summed E-state index contributed by atoms with van der Waals surface area (Å²) in [5.41, 5.74) is 3.98. The molecule has 1 rings (SSSR count). The molecule has 1 aromatic rings. The number of hydrogen-bond donors (Lipinski definition) is 2. The molecule has 2 heteroatoms. The fourth-order valence-corrected chi connectivity index (χ4v) is 1.41. The highest BCUT2D eigenvalue weighted by molar-refractivity contribution is 5.52. The third-order valence-corrected chi connectivity index (χ3v) is 2.41. The molecule has 0 spiro atoms. The van der Waals surface area contributed by atoms with Crippen molar-refractivity contribution in [1.29, 1.82) is 0 Å². The van der Waals surface area contributed by atoms with E-state index in [9.17, 15) is 0 Å². The van der Waals surface area contributed by atoms with E-state index >= 15 is 0 Å². The summed E-state index contributed by atoms with van der Waals surface area (Å²) >= 11 is 0. The van der Waals surface area contributed by atoms with Crippen LogP contribution in [0.4, 0.5) is 5.69 Å². The summed E-state index contributed by atoms with van der Waals surface area (Å²) in [5, 5.41) is 12.4. The maximum atomic E-state index is 9.07. The van der Waals surface area contributed by atoms with E-state index in [1.54, 1.807) is 0 Å². The Labute approximate surface area is 103 Å². The molecule has 90 valence electrons. The molecule has 0 aromatic heterocycles. The summed E-state index contributed by atoms with van der Waals surface area (Å²) in [6, 6.07) is 7.72. The fraction of sp³-hybridized carbons (Fsp3) is 0.200. The smallest absolute Gasteiger partial charge is 0.0682 e. The van der Waals surface area contributed by atoms with Crippen LogP contribution in [0.3, 0.4) is 0 Å². The van der Waals surface area contributed by atoms with Crippen LogP contribution >= 0.6 is 0 Å². The van der Waals surface area contributed by atoms with Crippen molar-refractivity contribution < 1.29 is 5.11 Å². The molecule has 0 aliphatic heterocycles. The SMILES string of the molecule is C=C/C(C)=C\C(=C/C)Nc1cccc(CO)c1. The molecule has 0 fully saturated rings. The summed E-state index contributed by atoms with van der Waals surface area (Å²) < 4.78 is 0. The van der Waals surface area contributed by atoms with Crippen LogP contribution in [-0.2, 0) is 6.61 Å². The average Bonchev–Trinajstić information content (AvgIpc) is 2.37. The number of aliphatic hydroxyl groups is 1. The topological polar surface area (TPSA) is 32.3 Å². The highest BCUT2D eigenvalue weighted by atomic mass is 16.3. The fourth-order valence-electron chi connectivity index (χ4n) is 1.41. The van der Waals surface area contributed by atoms with Gasteiger partial charge >= 0.3 is 0 Å². The molecule has 0 bridgehead atoms. The Morgan fingerprint density at radius 3 is 2.82 bits per heavy atom. The predicted molar refractivity (Wildman–Crippen MR) is 73.7 cm³/mol. The van der Waals surface area contributed by atoms with Gasteiger partial charge in [0.05, 0.1) is 6.61 Å². The Bertz CT molecular complexity index is 444. The van der Waals surface area contributed by atoms with Crippen molar-refractivity contribution in [3.05, 3.63) is 65.9 Å². The van der Waals surface area contributed by atoms with Crippen molar-refractivity contribution in [1.82, 2.24) is 0 Å². The molecule has 0 unspecified atom stereocenters. The first kappa shape index (κ1) is 13.3. The Morgan fingerprint density at radius 1 is 1.47 bits per heavy atom. The van der Waals surface area contributed by atoms with Gasteiger partial charge < -0.3 is 10.4 Å². The summed E-state index contributed by atoms with van der Waals surface area (Å²) in [6.07, 6.45) is 5.84. The molecule has 0 amide bonds. The lowest BCUT2D eigenvalue weighted by atomic mass is 10.2. The third kappa shape index (κ3) is 4.29. The molecule has 17 heavy (non-hydrogen) atoms. The Morgan fingerprint density at radius 2 is 2.24 bits per heavy atom. The molecular weight excluding hydrogens is 210 g/mol. The second-order valence-electron chi connectivity index (χ2n) is 3.82. The van der Waals surface area contributed by atoms with Gasteiger partial charge in [-0.25, -0.2) is 0 Å². The van der Waals surface area contributed by atoms with Gasteiger partial charge in [0.2, 0.25) is 0 Å². The second-order valence-corrected chi connectivity index (χ2v) is 3.82. The minimum absolute atomic E-state index is 0.0578. The highest BCUT2D eigenvalue weighted by Gasteiger charge is 1.96. The van der Waals surface area contributed by atoms with Gasteiger partial charge in [0.25, 0.3) is 0 Å². The van der Waals surface area contributed by atoms with Gasteiger partial charge in [-0.2, -0.15) is 0 Å². The van der Waals surface area contributed by atoms with Crippen molar-refractivity contribution in [3.63, 3.8) is 0 Å². The largest absolute Gasteiger partial charge is 0.392 e. The molecule has 0 saturated carbocycles. The van der Waals surface area contributed by atoms with Crippen LogP contribution < -0.4 is 5.32 Å². The van der Waals surface area contributed by atoms with Gasteiger partial charge in [0.1, 0.15) is 0 Å². The zero-order chi connectivity index (χ0) is 12.7. The lowest BCUT2D eigenvalue weighted by Gasteiger charge is -2.09. The van der Waals surface area contributed by atoms with Crippen molar-refractivity contribution in [2.24, 2.45) is 0 Å². The molecule has 0 saturated heterocycles. The van der Waals surface area contributed by atoms with Crippen molar-refractivity contribution in [3.8, 4) is 0 Å². The number of allylic oxidation sites excluding steroid dienone is 4. The average molecular weight is 229 g/mol. The van der Waals surface area contributed by atoms with Gasteiger partial charge in [-0.05, 0) is 43.2 Å². The normalized spacial score (nSPS) is 12.4. The maximum absolute atomic E-state index is 9.07. The number of anilines is 1. The highest BCUT2D eigenvalue weighted by Crippen LogP contribution is 2.14. The van der Waals surface area contributed by atoms with E-state index in [1.807, 2.05) is 56.3 Å². The predicted octanol–water partition coefficient (Wildman–Crippen LogP) is 3.63. The van der Waals surface area contributed by atoms with Gasteiger partial charge in [0, 0.05) is 11.4 Å². The zero-order valence-electron chi connectivity index (χ0n) is 10.4. The number of hydrogen-bond acceptors (Lipinski definition) is 2. The van der Waals surface area contributed by atoms with Crippen LogP contribution in [0.2, 0.25) is 0 Å². The number of rotatable bonds is 5. The van der Waals surface area contributed by atoms with Crippen molar-refractivity contribution in [2.75, 3.05) is 5.32 Å². The molecule has 2 N–H and O–H groups in total. The molecule has 0 atom stereocenters. The van der Waals surface area contributed by atoms with Crippen LogP contribution in [0.25, 0.3) is 0 Å². The number of benzene rings is 1. The first-order valence-corrected chi connectivity index (χ1v) is 5.63. The lowest BCUT2D eigenvalue weighted by molar-refractivity contribution is 0.282. The van der Waals surface area contributed by atoms with Gasteiger partial charge in [-0.1, -0.05) is 30.9 Å². The van der Waals surface area contributed by atoms with Crippen LogP contribution in [0.1, 0.15) is 19.4 Å². The van der Waals surface area contributed by atoms with Crippen molar-refractivity contribution in [2.45, 2.75) is 20.5 Å². The minimum atomic E-state index is 0.0578. The van der Waals surface area contributed by atoms with E-state index in [0.29, 0.717) is 0 Å². The summed E-state index contributed by atoms with van der Waals surface area (Å²) in [4.78, 5) is 0. The third-order valence-electron chi connectivity index (χ3n) is 2.41. The monoisotopic (exact) mass is 229 g/mol. The van der Waals surface area contributed by atoms with E-state index in [0.717, 1.165) is 22.5 Å². The van der Waals surface area contributed by atoms with Crippen LogP contribution in [0, 0.1) is 0 Å². The molecular formula is C15H19NO. The van der Waals surface area contributed by atoms with Crippen LogP contribution in [0.15, 0.2) is 60.3 Å². The van der Waals surface area contributed by atoms with E-state index in [2.05, 4.69) is 11.9 Å². The van der Waals surface area contributed by atoms with E-state index in [-0.39, 0.29) is 6.61 Å². The second kappa shape index (κ2) is 6.71. The van der Waals surface area contributed by atoms with Crippen LogP contribution in [0.5, 0.6) is 0 Å². The lowest BCUT2D eigenvalue weighted by Crippen LogP contribution is -1.98. The first-order chi connectivity index (χ1) is 8.19. The number of nitrogens with one attached hydrogen (secondary N) is 1. The van der Waals surface area contributed by atoms with Gasteiger partial charge in [0.15, 0.2) is 0 Å².